The molecule has 0 saturated heterocycles. The molecule has 2 aromatic rings. The first-order valence-corrected chi connectivity index (χ1v) is 7.41. The van der Waals surface area contributed by atoms with Crippen LogP contribution in [0.5, 0.6) is 0 Å². The van der Waals surface area contributed by atoms with Crippen molar-refractivity contribution in [3.63, 3.8) is 0 Å². The van der Waals surface area contributed by atoms with E-state index >= 15 is 0 Å². The summed E-state index contributed by atoms with van der Waals surface area (Å²) in [6.07, 6.45) is 1.54. The Balaban J connectivity index is 2.33. The average molecular weight is 279 g/mol. The Morgan fingerprint density at radius 3 is 2.58 bits per heavy atom. The predicted molar refractivity (Wildman–Crippen MR) is 73.3 cm³/mol. The van der Waals surface area contributed by atoms with Gasteiger partial charge in [-0.1, -0.05) is 12.1 Å². The Morgan fingerprint density at radius 2 is 1.95 bits per heavy atom. The fraction of sp³-hybridized carbons (Fsp3) is 0.286. The minimum atomic E-state index is -3.49. The minimum absolute atomic E-state index is 0.225. The maximum Gasteiger partial charge on any atom is 0.243 e. The van der Waals surface area contributed by atoms with Crippen LogP contribution in [0.3, 0.4) is 0 Å². The van der Waals surface area contributed by atoms with Gasteiger partial charge >= 0.3 is 0 Å². The second-order valence-corrected chi connectivity index (χ2v) is 6.62. The average Bonchev–Trinajstić information content (AvgIpc) is 2.85. The van der Waals surface area contributed by atoms with E-state index < -0.39 is 10.0 Å². The number of hydrogen-bond acceptors (Lipinski definition) is 3. The summed E-state index contributed by atoms with van der Waals surface area (Å²) in [7, 11) is -1.94. The van der Waals surface area contributed by atoms with Crippen LogP contribution in [0, 0.1) is 13.8 Å². The Hall–Kier alpha value is -1.59. The molecule has 0 saturated carbocycles. The molecule has 0 N–H and O–H groups in total. The highest BCUT2D eigenvalue weighted by Crippen LogP contribution is 2.21. The Kier molecular flexibility index (Phi) is 3.78. The summed E-state index contributed by atoms with van der Waals surface area (Å²) in [4.78, 5) is 0.349. The molecule has 5 heteroatoms. The highest BCUT2D eigenvalue weighted by atomic mass is 32.2. The van der Waals surface area contributed by atoms with Crippen molar-refractivity contribution in [3.8, 4) is 0 Å². The van der Waals surface area contributed by atoms with Crippen LogP contribution in [0.15, 0.2) is 45.9 Å². The largest absolute Gasteiger partial charge is 0.468 e. The normalized spacial score (nSPS) is 12.0. The molecule has 0 unspecified atom stereocenters. The lowest BCUT2D eigenvalue weighted by Crippen LogP contribution is -2.27. The van der Waals surface area contributed by atoms with Gasteiger partial charge in [-0.3, -0.25) is 0 Å². The van der Waals surface area contributed by atoms with Gasteiger partial charge in [0, 0.05) is 7.05 Å². The van der Waals surface area contributed by atoms with Crippen molar-refractivity contribution in [1.29, 1.82) is 0 Å². The van der Waals surface area contributed by atoms with Crippen LogP contribution in [0.4, 0.5) is 0 Å². The first-order chi connectivity index (χ1) is 8.91. The van der Waals surface area contributed by atoms with E-state index in [0.717, 1.165) is 11.1 Å². The summed E-state index contributed by atoms with van der Waals surface area (Å²) in [5.41, 5.74) is 1.67. The molecule has 1 aromatic carbocycles. The quantitative estimate of drug-likeness (QED) is 0.864. The maximum atomic E-state index is 12.5. The zero-order valence-corrected chi connectivity index (χ0v) is 12.1. The van der Waals surface area contributed by atoms with Gasteiger partial charge in [0.15, 0.2) is 0 Å². The summed E-state index contributed by atoms with van der Waals surface area (Å²) in [5.74, 6) is 0.622. The van der Waals surface area contributed by atoms with Gasteiger partial charge in [-0.15, -0.1) is 0 Å². The van der Waals surface area contributed by atoms with E-state index in [1.807, 2.05) is 19.1 Å². The number of rotatable bonds is 4. The highest BCUT2D eigenvalue weighted by molar-refractivity contribution is 7.89. The molecular formula is C14H17NO3S. The second kappa shape index (κ2) is 5.19. The maximum absolute atomic E-state index is 12.5. The number of furan rings is 1. The molecule has 0 amide bonds. The predicted octanol–water partition coefficient (Wildman–Crippen LogP) is 2.72. The zero-order chi connectivity index (χ0) is 14.0. The van der Waals surface area contributed by atoms with Crippen molar-refractivity contribution in [3.05, 3.63) is 53.5 Å². The number of nitrogens with zero attached hydrogens (tertiary/aromatic N) is 1. The zero-order valence-electron chi connectivity index (χ0n) is 11.3. The monoisotopic (exact) mass is 279 g/mol. The lowest BCUT2D eigenvalue weighted by molar-refractivity contribution is 0.406. The Morgan fingerprint density at radius 1 is 1.21 bits per heavy atom. The van der Waals surface area contributed by atoms with E-state index in [9.17, 15) is 8.42 Å². The standard InChI is InChI=1S/C14H17NO3S/c1-11-6-7-12(2)14(9-11)19(16,17)15(3)10-13-5-4-8-18-13/h4-9H,10H2,1-3H3. The summed E-state index contributed by atoms with van der Waals surface area (Å²) >= 11 is 0. The summed E-state index contributed by atoms with van der Waals surface area (Å²) in [6.45, 7) is 3.90. The molecule has 2 rings (SSSR count). The molecule has 0 fully saturated rings. The van der Waals surface area contributed by atoms with E-state index in [1.165, 1.54) is 10.6 Å². The molecule has 0 aliphatic rings. The molecule has 0 radical (unpaired) electrons. The van der Waals surface area contributed by atoms with Gasteiger partial charge in [0.1, 0.15) is 5.76 Å². The molecule has 19 heavy (non-hydrogen) atoms. The van der Waals surface area contributed by atoms with Gasteiger partial charge < -0.3 is 4.42 Å². The third kappa shape index (κ3) is 2.88. The smallest absolute Gasteiger partial charge is 0.243 e. The summed E-state index contributed by atoms with van der Waals surface area (Å²) in [6, 6.07) is 8.93. The molecule has 102 valence electrons. The highest BCUT2D eigenvalue weighted by Gasteiger charge is 2.23. The van der Waals surface area contributed by atoms with E-state index in [1.54, 1.807) is 32.2 Å². The summed E-state index contributed by atoms with van der Waals surface area (Å²) in [5, 5.41) is 0. The Bertz CT molecular complexity index is 660. The number of benzene rings is 1. The van der Waals surface area contributed by atoms with Crippen molar-refractivity contribution >= 4 is 10.0 Å². The fourth-order valence-electron chi connectivity index (χ4n) is 1.86. The van der Waals surface area contributed by atoms with Crippen molar-refractivity contribution in [2.45, 2.75) is 25.3 Å². The summed E-state index contributed by atoms with van der Waals surface area (Å²) < 4.78 is 31.5. The van der Waals surface area contributed by atoms with Gasteiger partial charge in [-0.2, -0.15) is 4.31 Å². The first-order valence-electron chi connectivity index (χ1n) is 5.97. The third-order valence-electron chi connectivity index (χ3n) is 2.99. The lowest BCUT2D eigenvalue weighted by atomic mass is 10.2. The van der Waals surface area contributed by atoms with Crippen molar-refractivity contribution < 1.29 is 12.8 Å². The van der Waals surface area contributed by atoms with Crippen LogP contribution in [-0.2, 0) is 16.6 Å². The Labute approximate surface area is 113 Å². The SMILES string of the molecule is Cc1ccc(C)c(S(=O)(=O)N(C)Cc2ccco2)c1. The van der Waals surface area contributed by atoms with E-state index in [4.69, 9.17) is 4.42 Å². The van der Waals surface area contributed by atoms with Gasteiger partial charge in [0.25, 0.3) is 0 Å². The van der Waals surface area contributed by atoms with Crippen LogP contribution in [-0.4, -0.2) is 19.8 Å². The number of hydrogen-bond donors (Lipinski definition) is 0. The van der Waals surface area contributed by atoms with E-state index in [0.29, 0.717) is 10.7 Å². The molecule has 0 aliphatic heterocycles. The van der Waals surface area contributed by atoms with Crippen LogP contribution < -0.4 is 0 Å². The van der Waals surface area contributed by atoms with E-state index in [-0.39, 0.29) is 6.54 Å². The molecule has 0 aliphatic carbocycles. The van der Waals surface area contributed by atoms with Crippen molar-refractivity contribution in [1.82, 2.24) is 4.31 Å². The van der Waals surface area contributed by atoms with Crippen molar-refractivity contribution in [2.75, 3.05) is 7.05 Å². The van der Waals surface area contributed by atoms with Crippen LogP contribution in [0.1, 0.15) is 16.9 Å². The lowest BCUT2D eigenvalue weighted by Gasteiger charge is -2.17. The topological polar surface area (TPSA) is 50.5 Å². The van der Waals surface area contributed by atoms with Gasteiger partial charge in [-0.25, -0.2) is 8.42 Å². The molecule has 4 nitrogen and oxygen atoms in total. The van der Waals surface area contributed by atoms with Crippen LogP contribution in [0.25, 0.3) is 0 Å². The number of sulfonamides is 1. The minimum Gasteiger partial charge on any atom is -0.468 e. The molecule has 0 spiro atoms. The molecule has 0 atom stereocenters. The number of aryl methyl sites for hydroxylation is 2. The van der Waals surface area contributed by atoms with Crippen LogP contribution in [0.2, 0.25) is 0 Å². The molecular weight excluding hydrogens is 262 g/mol. The third-order valence-corrected chi connectivity index (χ3v) is 4.94. The van der Waals surface area contributed by atoms with Crippen LogP contribution >= 0.6 is 0 Å². The van der Waals surface area contributed by atoms with Gasteiger partial charge in [-0.05, 0) is 43.2 Å². The first kappa shape index (κ1) is 13.8. The fourth-order valence-corrected chi connectivity index (χ4v) is 3.30. The van der Waals surface area contributed by atoms with Crippen molar-refractivity contribution in [2.24, 2.45) is 0 Å². The molecule has 1 heterocycles. The van der Waals surface area contributed by atoms with Gasteiger partial charge in [0.2, 0.25) is 10.0 Å². The van der Waals surface area contributed by atoms with Gasteiger partial charge in [0.05, 0.1) is 17.7 Å². The van der Waals surface area contributed by atoms with E-state index in [2.05, 4.69) is 0 Å². The second-order valence-electron chi connectivity index (χ2n) is 4.61. The molecule has 1 aromatic heterocycles. The molecule has 0 bridgehead atoms.